The number of hydrogen-bond acceptors (Lipinski definition) is 3. The molecule has 90 valence electrons. The van der Waals surface area contributed by atoms with Crippen LogP contribution in [0.2, 0.25) is 0 Å². The molecule has 0 aliphatic rings. The quantitative estimate of drug-likeness (QED) is 0.907. The Morgan fingerprint density at radius 2 is 2.12 bits per heavy atom. The van der Waals surface area contributed by atoms with Crippen molar-refractivity contribution in [3.63, 3.8) is 0 Å². The lowest BCUT2D eigenvalue weighted by atomic mass is 10.2. The van der Waals surface area contributed by atoms with Crippen molar-refractivity contribution in [2.24, 2.45) is 0 Å². The van der Waals surface area contributed by atoms with Gasteiger partial charge in [0.25, 0.3) is 0 Å². The smallest absolute Gasteiger partial charge is 0.163 e. The molecule has 1 N–H and O–H groups in total. The largest absolute Gasteiger partial charge is 0.308 e. The second-order valence-electron chi connectivity index (χ2n) is 3.66. The van der Waals surface area contributed by atoms with Crippen LogP contribution >= 0.6 is 11.3 Å². The lowest BCUT2D eigenvalue weighted by molar-refractivity contribution is 0.493. The maximum Gasteiger partial charge on any atom is 0.163 e. The summed E-state index contributed by atoms with van der Waals surface area (Å²) in [5, 5.41) is 4.06. The molecule has 2 aromatic rings. The Morgan fingerprint density at radius 1 is 1.29 bits per heavy atom. The lowest BCUT2D eigenvalue weighted by Crippen LogP contribution is -2.13. The molecule has 1 aromatic carbocycles. The van der Waals surface area contributed by atoms with Gasteiger partial charge in [-0.3, -0.25) is 0 Å². The fourth-order valence-electron chi connectivity index (χ4n) is 1.49. The van der Waals surface area contributed by atoms with Gasteiger partial charge >= 0.3 is 0 Å². The van der Waals surface area contributed by atoms with Crippen molar-refractivity contribution in [3.05, 3.63) is 51.5 Å². The normalized spacial score (nSPS) is 10.8. The third kappa shape index (κ3) is 3.08. The van der Waals surface area contributed by atoms with E-state index in [2.05, 4.69) is 10.3 Å². The highest BCUT2D eigenvalue weighted by Gasteiger charge is 2.06. The van der Waals surface area contributed by atoms with Crippen LogP contribution in [0.5, 0.6) is 0 Å². The Morgan fingerprint density at radius 3 is 2.82 bits per heavy atom. The van der Waals surface area contributed by atoms with Gasteiger partial charge in [-0.2, -0.15) is 0 Å². The minimum atomic E-state index is -0.807. The summed E-state index contributed by atoms with van der Waals surface area (Å²) in [5.41, 5.74) is 0.339. The molecule has 0 radical (unpaired) electrons. The van der Waals surface area contributed by atoms with Crippen molar-refractivity contribution in [2.45, 2.75) is 20.0 Å². The molecule has 0 aliphatic heterocycles. The van der Waals surface area contributed by atoms with Gasteiger partial charge in [0, 0.05) is 29.7 Å². The zero-order valence-corrected chi connectivity index (χ0v) is 10.2. The van der Waals surface area contributed by atoms with Crippen molar-refractivity contribution in [2.75, 3.05) is 0 Å². The van der Waals surface area contributed by atoms with Crippen molar-refractivity contribution < 1.29 is 8.78 Å². The van der Waals surface area contributed by atoms with Gasteiger partial charge in [-0.25, -0.2) is 13.8 Å². The number of nitrogens with one attached hydrogen (secondary N) is 1. The van der Waals surface area contributed by atoms with Gasteiger partial charge < -0.3 is 5.32 Å². The van der Waals surface area contributed by atoms with E-state index in [1.807, 2.05) is 6.92 Å². The molecule has 17 heavy (non-hydrogen) atoms. The molecule has 1 heterocycles. The van der Waals surface area contributed by atoms with Gasteiger partial charge in [0.1, 0.15) is 0 Å². The van der Waals surface area contributed by atoms with Crippen LogP contribution in [-0.4, -0.2) is 4.98 Å². The fraction of sp³-hybridized carbons (Fsp3) is 0.250. The monoisotopic (exact) mass is 254 g/mol. The first-order chi connectivity index (χ1) is 8.16. The average molecular weight is 254 g/mol. The van der Waals surface area contributed by atoms with E-state index in [9.17, 15) is 8.78 Å². The van der Waals surface area contributed by atoms with E-state index in [1.54, 1.807) is 23.6 Å². The van der Waals surface area contributed by atoms with E-state index < -0.39 is 11.6 Å². The average Bonchev–Trinajstić information content (AvgIpc) is 2.70. The topological polar surface area (TPSA) is 24.9 Å². The molecule has 2 rings (SSSR count). The SMILES string of the molecule is Cc1ncc(CNCc2cccc(F)c2F)s1. The van der Waals surface area contributed by atoms with E-state index in [-0.39, 0.29) is 0 Å². The summed E-state index contributed by atoms with van der Waals surface area (Å²) in [7, 11) is 0. The van der Waals surface area contributed by atoms with E-state index in [0.717, 1.165) is 16.0 Å². The molecule has 0 fully saturated rings. The molecule has 0 saturated heterocycles. The zero-order chi connectivity index (χ0) is 12.3. The molecule has 1 aromatic heterocycles. The van der Waals surface area contributed by atoms with E-state index in [1.165, 1.54) is 6.07 Å². The zero-order valence-electron chi connectivity index (χ0n) is 9.34. The van der Waals surface area contributed by atoms with Crippen LogP contribution in [0.1, 0.15) is 15.4 Å². The first-order valence-electron chi connectivity index (χ1n) is 5.21. The van der Waals surface area contributed by atoms with Crippen LogP contribution in [-0.2, 0) is 13.1 Å². The highest BCUT2D eigenvalue weighted by atomic mass is 32.1. The molecule has 0 bridgehead atoms. The molecule has 0 saturated carbocycles. The summed E-state index contributed by atoms with van der Waals surface area (Å²) < 4.78 is 26.2. The Balaban J connectivity index is 1.92. The van der Waals surface area contributed by atoms with E-state index in [0.29, 0.717) is 18.7 Å². The number of benzene rings is 1. The highest BCUT2D eigenvalue weighted by molar-refractivity contribution is 7.11. The van der Waals surface area contributed by atoms with Crippen molar-refractivity contribution in [1.29, 1.82) is 0 Å². The molecule has 5 heteroatoms. The molecular weight excluding hydrogens is 242 g/mol. The number of halogens is 2. The second-order valence-corrected chi connectivity index (χ2v) is 4.98. The van der Waals surface area contributed by atoms with Crippen LogP contribution in [0.3, 0.4) is 0 Å². The lowest BCUT2D eigenvalue weighted by Gasteiger charge is -2.04. The van der Waals surface area contributed by atoms with Crippen LogP contribution in [0.15, 0.2) is 24.4 Å². The number of thiazole rings is 1. The molecule has 0 spiro atoms. The van der Waals surface area contributed by atoms with E-state index >= 15 is 0 Å². The highest BCUT2D eigenvalue weighted by Crippen LogP contribution is 2.13. The maximum atomic E-state index is 13.3. The minimum absolute atomic E-state index is 0.306. The van der Waals surface area contributed by atoms with Gasteiger partial charge in [-0.15, -0.1) is 11.3 Å². The Labute approximate surface area is 102 Å². The van der Waals surface area contributed by atoms with Crippen molar-refractivity contribution >= 4 is 11.3 Å². The first kappa shape index (κ1) is 12.1. The van der Waals surface area contributed by atoms with Crippen LogP contribution in [0, 0.1) is 18.6 Å². The summed E-state index contributed by atoms with van der Waals surface area (Å²) in [6.07, 6.45) is 1.79. The van der Waals surface area contributed by atoms with Gasteiger partial charge in [0.2, 0.25) is 0 Å². The predicted octanol–water partition coefficient (Wildman–Crippen LogP) is 3.02. The number of aryl methyl sites for hydroxylation is 1. The third-order valence-corrected chi connectivity index (χ3v) is 3.23. The third-order valence-electron chi connectivity index (χ3n) is 2.32. The summed E-state index contributed by atoms with van der Waals surface area (Å²) in [6, 6.07) is 4.20. The summed E-state index contributed by atoms with van der Waals surface area (Å²) in [5.74, 6) is -1.58. The Kier molecular flexibility index (Phi) is 3.81. The number of rotatable bonds is 4. The van der Waals surface area contributed by atoms with Gasteiger partial charge in [0.05, 0.1) is 5.01 Å². The van der Waals surface area contributed by atoms with Gasteiger partial charge in [-0.05, 0) is 13.0 Å². The first-order valence-corrected chi connectivity index (χ1v) is 6.03. The molecule has 0 amide bonds. The van der Waals surface area contributed by atoms with Crippen molar-refractivity contribution in [1.82, 2.24) is 10.3 Å². The minimum Gasteiger partial charge on any atom is -0.308 e. The predicted molar refractivity (Wildman–Crippen MR) is 63.8 cm³/mol. The summed E-state index contributed by atoms with van der Waals surface area (Å²) >= 11 is 1.59. The maximum absolute atomic E-state index is 13.3. The van der Waals surface area contributed by atoms with Crippen LogP contribution in [0.4, 0.5) is 8.78 Å². The molecule has 0 aliphatic carbocycles. The van der Waals surface area contributed by atoms with Crippen molar-refractivity contribution in [3.8, 4) is 0 Å². The number of hydrogen-bond donors (Lipinski definition) is 1. The molecular formula is C12H12F2N2S. The standard InChI is InChI=1S/C12H12F2N2S/c1-8-16-7-10(17-8)6-15-5-9-3-2-4-11(13)12(9)14/h2-4,7,15H,5-6H2,1H3. The molecule has 2 nitrogen and oxygen atoms in total. The second kappa shape index (κ2) is 5.33. The van der Waals surface area contributed by atoms with Gasteiger partial charge in [-0.1, -0.05) is 12.1 Å². The Bertz CT molecular complexity index is 511. The fourth-order valence-corrected chi connectivity index (χ4v) is 2.26. The summed E-state index contributed by atoms with van der Waals surface area (Å²) in [4.78, 5) is 5.20. The summed E-state index contributed by atoms with van der Waals surface area (Å²) in [6.45, 7) is 2.85. The van der Waals surface area contributed by atoms with Crippen LogP contribution < -0.4 is 5.32 Å². The van der Waals surface area contributed by atoms with Crippen LogP contribution in [0.25, 0.3) is 0 Å². The molecule has 0 unspecified atom stereocenters. The Hall–Kier alpha value is -1.33. The number of aromatic nitrogens is 1. The molecule has 0 atom stereocenters. The number of nitrogens with zero attached hydrogens (tertiary/aromatic N) is 1. The van der Waals surface area contributed by atoms with Gasteiger partial charge in [0.15, 0.2) is 11.6 Å². The van der Waals surface area contributed by atoms with E-state index in [4.69, 9.17) is 0 Å².